The van der Waals surface area contributed by atoms with Gasteiger partial charge in [0.05, 0.1) is 0 Å². The van der Waals surface area contributed by atoms with Crippen molar-refractivity contribution in [2.24, 2.45) is 5.92 Å². The van der Waals surface area contributed by atoms with E-state index in [0.29, 0.717) is 5.92 Å². The topological polar surface area (TPSA) is 24.0 Å². The highest BCUT2D eigenvalue weighted by atomic mass is 32.1. The Kier molecular flexibility index (Phi) is 3.82. The molecule has 0 bridgehead atoms. The van der Waals surface area contributed by atoms with Crippen molar-refractivity contribution >= 4 is 12.2 Å². The Hall–Kier alpha value is -0.610. The van der Waals surface area contributed by atoms with Crippen molar-refractivity contribution in [3.63, 3.8) is 0 Å². The zero-order valence-corrected chi connectivity index (χ0v) is 11.0. The van der Waals surface area contributed by atoms with E-state index in [1.54, 1.807) is 0 Å². The molecule has 1 aromatic heterocycles. The van der Waals surface area contributed by atoms with Crippen molar-refractivity contribution in [3.8, 4) is 0 Å². The third-order valence-electron chi connectivity index (χ3n) is 3.19. The third-order valence-corrected chi connectivity index (χ3v) is 3.53. The predicted molar refractivity (Wildman–Crippen MR) is 69.2 cm³/mol. The fraction of sp³-hybridized carbons (Fsp3) is 0.750. The van der Waals surface area contributed by atoms with Gasteiger partial charge in [-0.2, -0.15) is 0 Å². The number of nitrogens with zero attached hydrogens (tertiary/aromatic N) is 2. The maximum absolute atomic E-state index is 5.27. The lowest BCUT2D eigenvalue weighted by Crippen LogP contribution is -2.27. The molecule has 0 spiro atoms. The maximum atomic E-state index is 5.27. The molecule has 16 heavy (non-hydrogen) atoms. The number of aromatic nitrogens is 2. The molecule has 1 saturated heterocycles. The first-order valence-corrected chi connectivity index (χ1v) is 6.54. The largest absolute Gasteiger partial charge is 0.335 e. The number of nitrogens with one attached hydrogen (secondary N) is 1. The molecule has 1 aliphatic rings. The molecule has 1 unspecified atom stereocenters. The smallest absolute Gasteiger partial charge is 0.177 e. The number of hydrogen-bond acceptors (Lipinski definition) is 2. The first-order valence-electron chi connectivity index (χ1n) is 6.13. The summed E-state index contributed by atoms with van der Waals surface area (Å²) in [4.78, 5) is 5.73. The number of aryl methyl sites for hydroxylation is 1. The molecule has 90 valence electrons. The molecule has 3 nitrogen and oxygen atoms in total. The molecular formula is C12H21N3S. The summed E-state index contributed by atoms with van der Waals surface area (Å²) >= 11 is 5.27. The summed E-state index contributed by atoms with van der Waals surface area (Å²) in [5, 5.41) is 0. The molecule has 0 amide bonds. The Labute approximate surface area is 102 Å². The monoisotopic (exact) mass is 239 g/mol. The van der Waals surface area contributed by atoms with E-state index in [-0.39, 0.29) is 0 Å². The summed E-state index contributed by atoms with van der Waals surface area (Å²) in [6.07, 6.45) is 4.85. The second kappa shape index (κ2) is 5.15. The van der Waals surface area contributed by atoms with Gasteiger partial charge in [-0.05, 0) is 51.0 Å². The minimum absolute atomic E-state index is 0.667. The second-order valence-corrected chi connectivity index (χ2v) is 5.39. The molecule has 0 radical (unpaired) electrons. The van der Waals surface area contributed by atoms with Crippen molar-refractivity contribution in [2.75, 3.05) is 19.6 Å². The first-order chi connectivity index (χ1) is 7.65. The van der Waals surface area contributed by atoms with Crippen LogP contribution in [0.4, 0.5) is 0 Å². The van der Waals surface area contributed by atoms with Crippen molar-refractivity contribution < 1.29 is 0 Å². The number of H-pyrrole nitrogens is 1. The zero-order valence-electron chi connectivity index (χ0n) is 10.2. The second-order valence-electron chi connectivity index (χ2n) is 5.01. The van der Waals surface area contributed by atoms with Gasteiger partial charge in [0.15, 0.2) is 4.77 Å². The Bertz CT molecular complexity index is 387. The van der Waals surface area contributed by atoms with Crippen LogP contribution in [0.3, 0.4) is 0 Å². The maximum Gasteiger partial charge on any atom is 0.177 e. The summed E-state index contributed by atoms with van der Waals surface area (Å²) in [7, 11) is 0. The summed E-state index contributed by atoms with van der Waals surface area (Å²) in [5.74, 6) is 0.667. The van der Waals surface area contributed by atoms with Gasteiger partial charge < -0.3 is 14.5 Å². The highest BCUT2D eigenvalue weighted by molar-refractivity contribution is 7.71. The first kappa shape index (κ1) is 11.9. The third kappa shape index (κ3) is 2.95. The molecule has 1 N–H and O–H groups in total. The van der Waals surface area contributed by atoms with Crippen LogP contribution in [0.25, 0.3) is 0 Å². The lowest BCUT2D eigenvalue weighted by atomic mass is 10.1. The lowest BCUT2D eigenvalue weighted by Gasteiger charge is -2.20. The van der Waals surface area contributed by atoms with Gasteiger partial charge in [0.1, 0.15) is 0 Å². The molecule has 0 saturated carbocycles. The SMILES string of the molecule is Cc1cn(CC(C)CN2CCCC2)c(=S)[nH]1. The Morgan fingerprint density at radius 3 is 2.62 bits per heavy atom. The van der Waals surface area contributed by atoms with Crippen molar-refractivity contribution in [1.82, 2.24) is 14.5 Å². The van der Waals surface area contributed by atoms with Crippen LogP contribution >= 0.6 is 12.2 Å². The van der Waals surface area contributed by atoms with Crippen LogP contribution < -0.4 is 0 Å². The van der Waals surface area contributed by atoms with Crippen LogP contribution in [0.2, 0.25) is 0 Å². The molecule has 2 rings (SSSR count). The van der Waals surface area contributed by atoms with Gasteiger partial charge in [-0.25, -0.2) is 0 Å². The molecule has 2 heterocycles. The minimum Gasteiger partial charge on any atom is -0.335 e. The van der Waals surface area contributed by atoms with Gasteiger partial charge in [0.25, 0.3) is 0 Å². The molecule has 1 aliphatic heterocycles. The molecule has 1 atom stereocenters. The van der Waals surface area contributed by atoms with Crippen LogP contribution in [0.1, 0.15) is 25.5 Å². The molecule has 1 aromatic rings. The van der Waals surface area contributed by atoms with E-state index in [9.17, 15) is 0 Å². The van der Waals surface area contributed by atoms with E-state index in [1.807, 2.05) is 0 Å². The molecule has 1 fully saturated rings. The summed E-state index contributed by atoms with van der Waals surface area (Å²) < 4.78 is 3.01. The molecule has 0 aliphatic carbocycles. The van der Waals surface area contributed by atoms with Gasteiger partial charge in [-0.3, -0.25) is 0 Å². The Morgan fingerprint density at radius 2 is 2.06 bits per heavy atom. The number of hydrogen-bond donors (Lipinski definition) is 1. The number of imidazole rings is 1. The van der Waals surface area contributed by atoms with Crippen molar-refractivity contribution in [1.29, 1.82) is 0 Å². The predicted octanol–water partition coefficient (Wildman–Crippen LogP) is 2.59. The summed E-state index contributed by atoms with van der Waals surface area (Å²) in [6.45, 7) is 9.15. The van der Waals surface area contributed by atoms with E-state index < -0.39 is 0 Å². The van der Waals surface area contributed by atoms with Gasteiger partial charge in [-0.1, -0.05) is 6.92 Å². The Balaban J connectivity index is 1.88. The standard InChI is InChI=1S/C12H21N3S/c1-10(7-14-5-3-4-6-14)8-15-9-11(2)13-12(15)16/h9-10H,3-8H2,1-2H3,(H,13,16). The normalized spacial score (nSPS) is 19.1. The van der Waals surface area contributed by atoms with E-state index in [4.69, 9.17) is 12.2 Å². The molecular weight excluding hydrogens is 218 g/mol. The van der Waals surface area contributed by atoms with Gasteiger partial charge in [-0.15, -0.1) is 0 Å². The van der Waals surface area contributed by atoms with Crippen LogP contribution in [0.5, 0.6) is 0 Å². The van der Waals surface area contributed by atoms with Crippen LogP contribution in [0.15, 0.2) is 6.20 Å². The fourth-order valence-electron chi connectivity index (χ4n) is 2.50. The quantitative estimate of drug-likeness (QED) is 0.817. The number of rotatable bonds is 4. The van der Waals surface area contributed by atoms with Crippen LogP contribution in [-0.2, 0) is 6.54 Å². The number of likely N-dealkylation sites (tertiary alicyclic amines) is 1. The highest BCUT2D eigenvalue weighted by Crippen LogP contribution is 2.12. The zero-order chi connectivity index (χ0) is 11.5. The van der Waals surface area contributed by atoms with E-state index >= 15 is 0 Å². The van der Waals surface area contributed by atoms with E-state index in [0.717, 1.165) is 17.0 Å². The van der Waals surface area contributed by atoms with Crippen LogP contribution in [0, 0.1) is 17.6 Å². The number of aromatic amines is 1. The lowest BCUT2D eigenvalue weighted by molar-refractivity contribution is 0.271. The summed E-state index contributed by atoms with van der Waals surface area (Å²) in [5.41, 5.74) is 1.15. The van der Waals surface area contributed by atoms with E-state index in [1.165, 1.54) is 32.5 Å². The van der Waals surface area contributed by atoms with Gasteiger partial charge in [0, 0.05) is 25.0 Å². The fourth-order valence-corrected chi connectivity index (χ4v) is 2.79. The van der Waals surface area contributed by atoms with Crippen molar-refractivity contribution in [2.45, 2.75) is 33.2 Å². The highest BCUT2D eigenvalue weighted by Gasteiger charge is 2.15. The minimum atomic E-state index is 0.667. The van der Waals surface area contributed by atoms with Crippen molar-refractivity contribution in [3.05, 3.63) is 16.7 Å². The molecule has 0 aromatic carbocycles. The van der Waals surface area contributed by atoms with Gasteiger partial charge >= 0.3 is 0 Å². The van der Waals surface area contributed by atoms with E-state index in [2.05, 4.69) is 34.5 Å². The summed E-state index contributed by atoms with van der Waals surface area (Å²) in [6, 6.07) is 0. The average molecular weight is 239 g/mol. The molecule has 4 heteroatoms. The van der Waals surface area contributed by atoms with Crippen LogP contribution in [-0.4, -0.2) is 34.1 Å². The van der Waals surface area contributed by atoms with Gasteiger partial charge in [0.2, 0.25) is 0 Å². The average Bonchev–Trinajstić information content (AvgIpc) is 2.78. The Morgan fingerprint density at radius 1 is 1.38 bits per heavy atom.